The summed E-state index contributed by atoms with van der Waals surface area (Å²) in [4.78, 5) is 14.3. The molecule has 0 spiro atoms. The van der Waals surface area contributed by atoms with E-state index in [0.29, 0.717) is 5.56 Å². The van der Waals surface area contributed by atoms with Crippen LogP contribution in [0.5, 0.6) is 11.6 Å². The van der Waals surface area contributed by atoms with Gasteiger partial charge in [-0.2, -0.15) is 0 Å². The minimum atomic E-state index is -0.618. The van der Waals surface area contributed by atoms with Crippen LogP contribution in [0, 0.1) is 10.1 Å². The topological polar surface area (TPSA) is 85.5 Å². The van der Waals surface area contributed by atoms with Crippen LogP contribution in [-0.4, -0.2) is 15.0 Å². The Hall–Kier alpha value is -2.47. The standard InChI is InChI=1S/C13H12N2O4/c1-9(16)10-6-7-13(14-8-10)19-12-5-3-2-4-11(12)15(17)18/h2-9,16H,1H3/t9-/m1/s1. The predicted octanol–water partition coefficient (Wildman–Crippen LogP) is 2.84. The van der Waals surface area contributed by atoms with Gasteiger partial charge < -0.3 is 9.84 Å². The van der Waals surface area contributed by atoms with E-state index in [9.17, 15) is 15.2 Å². The van der Waals surface area contributed by atoms with E-state index < -0.39 is 11.0 Å². The van der Waals surface area contributed by atoms with Crippen LogP contribution >= 0.6 is 0 Å². The zero-order valence-corrected chi connectivity index (χ0v) is 10.2. The van der Waals surface area contributed by atoms with Gasteiger partial charge in [0.05, 0.1) is 11.0 Å². The Balaban J connectivity index is 2.24. The third-order valence-corrected chi connectivity index (χ3v) is 2.52. The number of nitro benzene ring substituents is 1. The van der Waals surface area contributed by atoms with Gasteiger partial charge in [0.25, 0.3) is 0 Å². The molecule has 1 N–H and O–H groups in total. The number of nitro groups is 1. The van der Waals surface area contributed by atoms with E-state index >= 15 is 0 Å². The summed E-state index contributed by atoms with van der Waals surface area (Å²) in [5, 5.41) is 20.2. The summed E-state index contributed by atoms with van der Waals surface area (Å²) in [7, 11) is 0. The summed E-state index contributed by atoms with van der Waals surface area (Å²) >= 11 is 0. The normalized spacial score (nSPS) is 11.9. The Kier molecular flexibility index (Phi) is 3.72. The average Bonchev–Trinajstić information content (AvgIpc) is 2.39. The van der Waals surface area contributed by atoms with Crippen LogP contribution in [0.1, 0.15) is 18.6 Å². The summed E-state index contributed by atoms with van der Waals surface area (Å²) in [6, 6.07) is 9.28. The second-order valence-corrected chi connectivity index (χ2v) is 3.93. The number of aliphatic hydroxyl groups excluding tert-OH is 1. The number of ether oxygens (including phenoxy) is 1. The number of pyridine rings is 1. The van der Waals surface area contributed by atoms with Crippen molar-refractivity contribution >= 4 is 5.69 Å². The summed E-state index contributed by atoms with van der Waals surface area (Å²) in [5.41, 5.74) is 0.527. The lowest BCUT2D eigenvalue weighted by atomic mass is 10.2. The van der Waals surface area contributed by atoms with E-state index in [4.69, 9.17) is 4.74 Å². The van der Waals surface area contributed by atoms with Crippen LogP contribution in [-0.2, 0) is 0 Å². The Morgan fingerprint density at radius 3 is 2.63 bits per heavy atom. The van der Waals surface area contributed by atoms with Gasteiger partial charge in [-0.3, -0.25) is 10.1 Å². The zero-order valence-electron chi connectivity index (χ0n) is 10.2. The Bertz CT molecular complexity index is 581. The van der Waals surface area contributed by atoms with E-state index in [0.717, 1.165) is 0 Å². The Morgan fingerprint density at radius 2 is 2.05 bits per heavy atom. The number of aliphatic hydroxyl groups is 1. The molecule has 0 radical (unpaired) electrons. The van der Waals surface area contributed by atoms with E-state index in [1.54, 1.807) is 31.2 Å². The molecule has 0 bridgehead atoms. The molecule has 19 heavy (non-hydrogen) atoms. The van der Waals surface area contributed by atoms with Gasteiger partial charge in [-0.25, -0.2) is 4.98 Å². The van der Waals surface area contributed by atoms with Gasteiger partial charge in [-0.15, -0.1) is 0 Å². The van der Waals surface area contributed by atoms with E-state index in [-0.39, 0.29) is 17.3 Å². The molecule has 0 aliphatic carbocycles. The summed E-state index contributed by atoms with van der Waals surface area (Å²) in [6.07, 6.45) is 0.849. The summed E-state index contributed by atoms with van der Waals surface area (Å²) in [5.74, 6) is 0.364. The molecule has 0 saturated carbocycles. The van der Waals surface area contributed by atoms with Crippen molar-refractivity contribution in [3.05, 3.63) is 58.3 Å². The third-order valence-electron chi connectivity index (χ3n) is 2.52. The van der Waals surface area contributed by atoms with Crippen molar-refractivity contribution in [3.8, 4) is 11.6 Å². The van der Waals surface area contributed by atoms with Crippen molar-refractivity contribution in [2.75, 3.05) is 0 Å². The third kappa shape index (κ3) is 3.05. The van der Waals surface area contributed by atoms with E-state index in [1.165, 1.54) is 18.3 Å². The second kappa shape index (κ2) is 5.45. The monoisotopic (exact) mass is 260 g/mol. The first-order chi connectivity index (χ1) is 9.08. The Morgan fingerprint density at radius 1 is 1.32 bits per heavy atom. The maximum atomic E-state index is 10.8. The molecule has 0 amide bonds. The molecule has 0 fully saturated rings. The quantitative estimate of drug-likeness (QED) is 0.674. The number of rotatable bonds is 4. The lowest BCUT2D eigenvalue weighted by molar-refractivity contribution is -0.385. The summed E-state index contributed by atoms with van der Waals surface area (Å²) in [6.45, 7) is 1.62. The van der Waals surface area contributed by atoms with Gasteiger partial charge in [0.2, 0.25) is 11.6 Å². The van der Waals surface area contributed by atoms with Crippen molar-refractivity contribution in [1.29, 1.82) is 0 Å². The zero-order chi connectivity index (χ0) is 13.8. The highest BCUT2D eigenvalue weighted by Crippen LogP contribution is 2.30. The fourth-order valence-electron chi connectivity index (χ4n) is 1.51. The van der Waals surface area contributed by atoms with Crippen molar-refractivity contribution in [2.24, 2.45) is 0 Å². The first-order valence-electron chi connectivity index (χ1n) is 5.63. The van der Waals surface area contributed by atoms with Crippen molar-refractivity contribution in [2.45, 2.75) is 13.0 Å². The molecule has 6 nitrogen and oxygen atoms in total. The van der Waals surface area contributed by atoms with Crippen LogP contribution < -0.4 is 4.74 Å². The number of hydrogen-bond donors (Lipinski definition) is 1. The highest BCUT2D eigenvalue weighted by Gasteiger charge is 2.14. The number of hydrogen-bond acceptors (Lipinski definition) is 5. The van der Waals surface area contributed by atoms with Gasteiger partial charge in [0.15, 0.2) is 0 Å². The summed E-state index contributed by atoms with van der Waals surface area (Å²) < 4.78 is 5.37. The number of benzene rings is 1. The first-order valence-corrected chi connectivity index (χ1v) is 5.63. The van der Waals surface area contributed by atoms with Gasteiger partial charge in [-0.1, -0.05) is 12.1 Å². The van der Waals surface area contributed by atoms with Gasteiger partial charge in [-0.05, 0) is 24.6 Å². The highest BCUT2D eigenvalue weighted by molar-refractivity contribution is 5.47. The fraction of sp³-hybridized carbons (Fsp3) is 0.154. The number of aromatic nitrogens is 1. The largest absolute Gasteiger partial charge is 0.432 e. The van der Waals surface area contributed by atoms with Crippen LogP contribution in [0.25, 0.3) is 0 Å². The molecule has 1 aromatic carbocycles. The molecule has 1 heterocycles. The second-order valence-electron chi connectivity index (χ2n) is 3.93. The number of nitrogens with zero attached hydrogens (tertiary/aromatic N) is 2. The molecular formula is C13H12N2O4. The molecule has 0 unspecified atom stereocenters. The van der Waals surface area contributed by atoms with Crippen LogP contribution in [0.4, 0.5) is 5.69 Å². The maximum Gasteiger partial charge on any atom is 0.311 e. The van der Waals surface area contributed by atoms with Crippen molar-refractivity contribution < 1.29 is 14.8 Å². The smallest absolute Gasteiger partial charge is 0.311 e. The molecule has 0 saturated heterocycles. The highest BCUT2D eigenvalue weighted by atomic mass is 16.6. The molecule has 0 aliphatic rings. The minimum Gasteiger partial charge on any atom is -0.432 e. The van der Waals surface area contributed by atoms with Crippen LogP contribution in [0.15, 0.2) is 42.6 Å². The molecule has 98 valence electrons. The van der Waals surface area contributed by atoms with Crippen molar-refractivity contribution in [1.82, 2.24) is 4.98 Å². The first kappa shape index (κ1) is 13.0. The lowest BCUT2D eigenvalue weighted by Crippen LogP contribution is -1.96. The van der Waals surface area contributed by atoms with Crippen LogP contribution in [0.2, 0.25) is 0 Å². The van der Waals surface area contributed by atoms with Gasteiger partial charge >= 0.3 is 5.69 Å². The molecule has 1 aromatic heterocycles. The lowest BCUT2D eigenvalue weighted by Gasteiger charge is -2.07. The molecular weight excluding hydrogens is 248 g/mol. The van der Waals surface area contributed by atoms with Gasteiger partial charge in [0.1, 0.15) is 0 Å². The predicted molar refractivity (Wildman–Crippen MR) is 68.0 cm³/mol. The maximum absolute atomic E-state index is 10.8. The molecule has 2 aromatic rings. The minimum absolute atomic E-state index is 0.121. The van der Waals surface area contributed by atoms with E-state index in [1.807, 2.05) is 0 Å². The van der Waals surface area contributed by atoms with Gasteiger partial charge in [0, 0.05) is 18.3 Å². The van der Waals surface area contributed by atoms with Crippen LogP contribution in [0.3, 0.4) is 0 Å². The SMILES string of the molecule is C[C@@H](O)c1ccc(Oc2ccccc2[N+](=O)[O-])nc1. The van der Waals surface area contributed by atoms with Crippen molar-refractivity contribution in [3.63, 3.8) is 0 Å². The fourth-order valence-corrected chi connectivity index (χ4v) is 1.51. The molecule has 0 aliphatic heterocycles. The molecule has 1 atom stereocenters. The number of para-hydroxylation sites is 2. The molecule has 2 rings (SSSR count). The average molecular weight is 260 g/mol. The Labute approximate surface area is 109 Å². The molecule has 6 heteroatoms. The van der Waals surface area contributed by atoms with E-state index in [2.05, 4.69) is 4.98 Å².